The third-order valence-corrected chi connectivity index (χ3v) is 3.89. The summed E-state index contributed by atoms with van der Waals surface area (Å²) in [6.45, 7) is 0.696. The van der Waals surface area contributed by atoms with E-state index in [1.54, 1.807) is 12.4 Å². The van der Waals surface area contributed by atoms with E-state index in [4.69, 9.17) is 0 Å². The molecule has 0 saturated carbocycles. The van der Waals surface area contributed by atoms with Crippen molar-refractivity contribution in [3.8, 4) is 0 Å². The Morgan fingerprint density at radius 3 is 2.83 bits per heavy atom. The Morgan fingerprint density at radius 2 is 2.04 bits per heavy atom. The largest absolute Gasteiger partial charge is 0.360 e. The lowest BCUT2D eigenvalue weighted by Gasteiger charge is -1.98. The van der Waals surface area contributed by atoms with Crippen LogP contribution in [0.5, 0.6) is 0 Å². The molecular formula is C16H16N6OS. The summed E-state index contributed by atoms with van der Waals surface area (Å²) in [5.41, 5.74) is 1.94. The molecule has 122 valence electrons. The van der Waals surface area contributed by atoms with Crippen molar-refractivity contribution in [2.45, 2.75) is 6.42 Å². The highest BCUT2D eigenvalue weighted by molar-refractivity contribution is 7.19. The van der Waals surface area contributed by atoms with Gasteiger partial charge in [0, 0.05) is 25.2 Å². The third-order valence-electron chi connectivity index (χ3n) is 3.09. The molecule has 0 atom stereocenters. The monoisotopic (exact) mass is 340 g/mol. The molecular weight excluding hydrogens is 324 g/mol. The molecule has 0 unspecified atom stereocenters. The Hall–Kier alpha value is -3.00. The number of benzene rings is 1. The highest BCUT2D eigenvalue weighted by atomic mass is 32.1. The maximum Gasteiger partial charge on any atom is 0.250 e. The van der Waals surface area contributed by atoms with Crippen LogP contribution < -0.4 is 10.6 Å². The molecule has 3 rings (SSSR count). The SMILES string of the molecule is O=C(/C=C/c1ccccc1)Nc1nnc(NCCc2c[nH]cn2)s1. The zero-order chi connectivity index (χ0) is 16.6. The molecule has 0 fully saturated rings. The lowest BCUT2D eigenvalue weighted by Crippen LogP contribution is -2.07. The van der Waals surface area contributed by atoms with Crippen molar-refractivity contribution < 1.29 is 4.79 Å². The van der Waals surface area contributed by atoms with Crippen molar-refractivity contribution in [1.82, 2.24) is 20.2 Å². The van der Waals surface area contributed by atoms with E-state index in [1.165, 1.54) is 17.4 Å². The number of aromatic nitrogens is 4. The Bertz CT molecular complexity index is 797. The van der Waals surface area contributed by atoms with Crippen molar-refractivity contribution in [3.63, 3.8) is 0 Å². The van der Waals surface area contributed by atoms with Gasteiger partial charge in [0.2, 0.25) is 16.2 Å². The lowest BCUT2D eigenvalue weighted by atomic mass is 10.2. The second-order valence-electron chi connectivity index (χ2n) is 4.88. The van der Waals surface area contributed by atoms with E-state index < -0.39 is 0 Å². The molecule has 0 aliphatic heterocycles. The summed E-state index contributed by atoms with van der Waals surface area (Å²) < 4.78 is 0. The molecule has 3 aromatic rings. The number of amides is 1. The van der Waals surface area contributed by atoms with E-state index in [2.05, 4.69) is 30.8 Å². The maximum atomic E-state index is 11.9. The van der Waals surface area contributed by atoms with Gasteiger partial charge in [0.05, 0.1) is 12.0 Å². The standard InChI is InChI=1S/C16H16N6OS/c23-14(7-6-12-4-2-1-3-5-12)20-16-22-21-15(24-16)18-9-8-13-10-17-11-19-13/h1-7,10-11H,8-9H2,(H,17,19)(H,18,21)(H,20,22,23)/b7-6+. The highest BCUT2D eigenvalue weighted by Gasteiger charge is 2.06. The van der Waals surface area contributed by atoms with Crippen LogP contribution in [0.3, 0.4) is 0 Å². The summed E-state index contributed by atoms with van der Waals surface area (Å²) in [5, 5.41) is 14.9. The zero-order valence-corrected chi connectivity index (χ0v) is 13.6. The maximum absolute atomic E-state index is 11.9. The molecule has 7 nitrogen and oxygen atoms in total. The molecule has 3 N–H and O–H groups in total. The van der Waals surface area contributed by atoms with Crippen LogP contribution in [0.15, 0.2) is 48.9 Å². The van der Waals surface area contributed by atoms with Crippen molar-refractivity contribution in [2.75, 3.05) is 17.2 Å². The molecule has 1 amide bonds. The smallest absolute Gasteiger partial charge is 0.250 e. The molecule has 0 bridgehead atoms. The summed E-state index contributed by atoms with van der Waals surface area (Å²) in [6, 6.07) is 9.62. The van der Waals surface area contributed by atoms with E-state index in [1.807, 2.05) is 36.5 Å². The summed E-state index contributed by atoms with van der Waals surface area (Å²) >= 11 is 1.29. The normalized spacial score (nSPS) is 10.8. The van der Waals surface area contributed by atoms with E-state index in [-0.39, 0.29) is 5.91 Å². The lowest BCUT2D eigenvalue weighted by molar-refractivity contribution is -0.111. The van der Waals surface area contributed by atoms with E-state index in [0.29, 0.717) is 16.8 Å². The van der Waals surface area contributed by atoms with Crippen LogP contribution in [-0.4, -0.2) is 32.6 Å². The summed E-state index contributed by atoms with van der Waals surface area (Å²) in [7, 11) is 0. The van der Waals surface area contributed by atoms with Gasteiger partial charge in [-0.25, -0.2) is 4.98 Å². The summed E-state index contributed by atoms with van der Waals surface area (Å²) in [5.74, 6) is -0.238. The van der Waals surface area contributed by atoms with Crippen molar-refractivity contribution in [2.24, 2.45) is 0 Å². The molecule has 24 heavy (non-hydrogen) atoms. The van der Waals surface area contributed by atoms with Crippen LogP contribution in [0, 0.1) is 0 Å². The Morgan fingerprint density at radius 1 is 1.21 bits per heavy atom. The number of imidazole rings is 1. The fourth-order valence-corrected chi connectivity index (χ4v) is 2.63. The van der Waals surface area contributed by atoms with Gasteiger partial charge in [0.25, 0.3) is 0 Å². The molecule has 2 aromatic heterocycles. The summed E-state index contributed by atoms with van der Waals surface area (Å²) in [6.07, 6.45) is 7.51. The van der Waals surface area contributed by atoms with Gasteiger partial charge >= 0.3 is 0 Å². The van der Waals surface area contributed by atoms with Gasteiger partial charge in [-0.1, -0.05) is 41.7 Å². The average Bonchev–Trinajstić information content (AvgIpc) is 3.26. The predicted molar refractivity (Wildman–Crippen MR) is 94.8 cm³/mol. The van der Waals surface area contributed by atoms with Crippen LogP contribution in [0.2, 0.25) is 0 Å². The first-order valence-electron chi connectivity index (χ1n) is 7.39. The Labute approximate surface area is 142 Å². The molecule has 0 radical (unpaired) electrons. The first-order chi connectivity index (χ1) is 11.8. The molecule has 0 saturated heterocycles. The van der Waals surface area contributed by atoms with Crippen molar-refractivity contribution >= 4 is 33.6 Å². The van der Waals surface area contributed by atoms with Gasteiger partial charge in [0.1, 0.15) is 0 Å². The average molecular weight is 340 g/mol. The van der Waals surface area contributed by atoms with Crippen LogP contribution in [0.4, 0.5) is 10.3 Å². The number of aromatic amines is 1. The minimum atomic E-state index is -0.238. The van der Waals surface area contributed by atoms with Crippen molar-refractivity contribution in [1.29, 1.82) is 0 Å². The molecule has 8 heteroatoms. The number of hydrogen-bond donors (Lipinski definition) is 3. The number of rotatable bonds is 7. The second kappa shape index (κ2) is 8.02. The van der Waals surface area contributed by atoms with Gasteiger partial charge < -0.3 is 10.3 Å². The zero-order valence-electron chi connectivity index (χ0n) is 12.8. The quantitative estimate of drug-likeness (QED) is 0.575. The molecule has 1 aromatic carbocycles. The minimum Gasteiger partial charge on any atom is -0.360 e. The van der Waals surface area contributed by atoms with E-state index >= 15 is 0 Å². The number of nitrogens with zero attached hydrogens (tertiary/aromatic N) is 3. The van der Waals surface area contributed by atoms with Crippen LogP contribution in [0.25, 0.3) is 6.08 Å². The van der Waals surface area contributed by atoms with Crippen LogP contribution in [0.1, 0.15) is 11.3 Å². The van der Waals surface area contributed by atoms with E-state index in [0.717, 1.165) is 17.7 Å². The van der Waals surface area contributed by atoms with Crippen LogP contribution in [-0.2, 0) is 11.2 Å². The van der Waals surface area contributed by atoms with Gasteiger partial charge in [0.15, 0.2) is 0 Å². The van der Waals surface area contributed by atoms with Crippen molar-refractivity contribution in [3.05, 3.63) is 60.2 Å². The van der Waals surface area contributed by atoms with Gasteiger partial charge in [-0.15, -0.1) is 10.2 Å². The van der Waals surface area contributed by atoms with Crippen LogP contribution >= 0.6 is 11.3 Å². The Kier molecular flexibility index (Phi) is 5.31. The van der Waals surface area contributed by atoms with Gasteiger partial charge in [-0.3, -0.25) is 10.1 Å². The molecule has 0 aliphatic rings. The van der Waals surface area contributed by atoms with E-state index in [9.17, 15) is 4.79 Å². The first kappa shape index (κ1) is 15.9. The number of H-pyrrole nitrogens is 1. The van der Waals surface area contributed by atoms with Gasteiger partial charge in [-0.05, 0) is 11.6 Å². The predicted octanol–water partition coefficient (Wildman–Crippen LogP) is 2.57. The molecule has 0 aliphatic carbocycles. The molecule has 2 heterocycles. The number of hydrogen-bond acceptors (Lipinski definition) is 6. The first-order valence-corrected chi connectivity index (χ1v) is 8.20. The minimum absolute atomic E-state index is 0.238. The highest BCUT2D eigenvalue weighted by Crippen LogP contribution is 2.19. The third kappa shape index (κ3) is 4.75. The number of carbonyl (C=O) groups is 1. The number of carbonyl (C=O) groups excluding carboxylic acids is 1. The second-order valence-corrected chi connectivity index (χ2v) is 5.86. The topological polar surface area (TPSA) is 95.6 Å². The number of nitrogens with one attached hydrogen (secondary N) is 3. The Balaban J connectivity index is 1.46. The van der Waals surface area contributed by atoms with Gasteiger partial charge in [-0.2, -0.15) is 0 Å². The molecule has 0 spiro atoms. The number of anilines is 2. The summed E-state index contributed by atoms with van der Waals surface area (Å²) in [4.78, 5) is 18.9. The fraction of sp³-hybridized carbons (Fsp3) is 0.125. The fourth-order valence-electron chi connectivity index (χ4n) is 1.95.